The maximum atomic E-state index is 14.4. The van der Waals surface area contributed by atoms with Crippen molar-refractivity contribution < 1.29 is 9.13 Å². The summed E-state index contributed by atoms with van der Waals surface area (Å²) in [7, 11) is 0. The first-order valence-corrected chi connectivity index (χ1v) is 9.10. The molecule has 0 aliphatic carbocycles. The normalized spacial score (nSPS) is 12.4. The summed E-state index contributed by atoms with van der Waals surface area (Å²) in [5, 5.41) is 12.5. The van der Waals surface area contributed by atoms with Gasteiger partial charge in [-0.3, -0.25) is 9.38 Å². The van der Waals surface area contributed by atoms with E-state index in [0.29, 0.717) is 30.2 Å². The van der Waals surface area contributed by atoms with E-state index >= 15 is 0 Å². The summed E-state index contributed by atoms with van der Waals surface area (Å²) < 4.78 is 21.7. The lowest BCUT2D eigenvalue weighted by Gasteiger charge is -2.13. The zero-order valence-corrected chi connectivity index (χ0v) is 15.3. The number of rotatable bonds is 4. The molecule has 8 heteroatoms. The molecule has 0 saturated carbocycles. The molecule has 1 aliphatic rings. The highest BCUT2D eigenvalue weighted by molar-refractivity contribution is 5.78. The fourth-order valence-corrected chi connectivity index (χ4v) is 3.56. The molecule has 142 valence electrons. The minimum absolute atomic E-state index is 0.243. The lowest BCUT2D eigenvalue weighted by atomic mass is 10.0. The number of imidazole rings is 1. The van der Waals surface area contributed by atoms with E-state index in [4.69, 9.17) is 4.74 Å². The van der Waals surface area contributed by atoms with Crippen LogP contribution in [0.15, 0.2) is 49.1 Å². The van der Waals surface area contributed by atoms with Crippen LogP contribution in [0.25, 0.3) is 16.8 Å². The van der Waals surface area contributed by atoms with E-state index in [0.717, 1.165) is 22.4 Å². The number of hydrogen-bond donors (Lipinski definition) is 1. The number of hydrogen-bond acceptors (Lipinski definition) is 6. The molecule has 5 rings (SSSR count). The highest BCUT2D eigenvalue weighted by atomic mass is 19.1. The Balaban J connectivity index is 1.55. The van der Waals surface area contributed by atoms with E-state index in [1.807, 2.05) is 12.1 Å². The van der Waals surface area contributed by atoms with E-state index in [-0.39, 0.29) is 18.1 Å². The number of nitrogens with one attached hydrogen (secondary N) is 1. The average Bonchev–Trinajstić information content (AvgIpc) is 3.40. The summed E-state index contributed by atoms with van der Waals surface area (Å²) in [6.07, 6.45) is 7.37. The van der Waals surface area contributed by atoms with Gasteiger partial charge in [-0.2, -0.15) is 5.26 Å². The zero-order chi connectivity index (χ0) is 19.8. The molecule has 1 N–H and O–H groups in total. The molecule has 0 radical (unpaired) electrons. The van der Waals surface area contributed by atoms with Crippen LogP contribution in [0.3, 0.4) is 0 Å². The van der Waals surface area contributed by atoms with E-state index in [1.54, 1.807) is 35.3 Å². The Labute approximate surface area is 165 Å². The van der Waals surface area contributed by atoms with E-state index < -0.39 is 0 Å². The summed E-state index contributed by atoms with van der Waals surface area (Å²) in [4.78, 5) is 13.0. The molecule has 0 atom stereocenters. The molecule has 1 aliphatic heterocycles. The molecule has 0 spiro atoms. The van der Waals surface area contributed by atoms with Gasteiger partial charge >= 0.3 is 0 Å². The van der Waals surface area contributed by atoms with Gasteiger partial charge in [0.25, 0.3) is 0 Å². The molecule has 1 aromatic carbocycles. The average molecular weight is 386 g/mol. The van der Waals surface area contributed by atoms with Gasteiger partial charge in [-0.05, 0) is 18.2 Å². The number of anilines is 1. The van der Waals surface area contributed by atoms with Crippen molar-refractivity contribution >= 4 is 11.6 Å². The summed E-state index contributed by atoms with van der Waals surface area (Å²) >= 11 is 0. The number of pyridine rings is 1. The second kappa shape index (κ2) is 6.87. The molecular formula is C21H15FN6O. The molecule has 0 bridgehead atoms. The second-order valence-corrected chi connectivity index (χ2v) is 6.62. The predicted octanol–water partition coefficient (Wildman–Crippen LogP) is 3.35. The maximum absolute atomic E-state index is 14.4. The van der Waals surface area contributed by atoms with Crippen LogP contribution in [0, 0.1) is 17.1 Å². The van der Waals surface area contributed by atoms with Gasteiger partial charge in [-0.25, -0.2) is 14.4 Å². The van der Waals surface area contributed by atoms with Crippen molar-refractivity contribution in [1.29, 1.82) is 5.26 Å². The van der Waals surface area contributed by atoms with Crippen LogP contribution in [-0.2, 0) is 13.0 Å². The number of ether oxygens (including phenoxy) is 1. The molecule has 0 fully saturated rings. The third-order valence-electron chi connectivity index (χ3n) is 4.94. The van der Waals surface area contributed by atoms with E-state index in [2.05, 4.69) is 26.3 Å². The van der Waals surface area contributed by atoms with Gasteiger partial charge in [0.05, 0.1) is 12.8 Å². The molecular weight excluding hydrogens is 371 g/mol. The van der Waals surface area contributed by atoms with Crippen LogP contribution in [0.5, 0.6) is 5.75 Å². The number of nitriles is 1. The third kappa shape index (κ3) is 2.93. The summed E-state index contributed by atoms with van der Waals surface area (Å²) in [5.74, 6) is 0.911. The predicted molar refractivity (Wildman–Crippen MR) is 104 cm³/mol. The SMILES string of the molecule is N#Cc1cn2c(NCc3c(F)ccc4c3CCO4)ncc(-c3cccnc3)c2n1. The number of aromatic nitrogens is 4. The number of halogens is 1. The smallest absolute Gasteiger partial charge is 0.208 e. The van der Waals surface area contributed by atoms with Gasteiger partial charge in [0.15, 0.2) is 11.3 Å². The highest BCUT2D eigenvalue weighted by Crippen LogP contribution is 2.31. The monoisotopic (exact) mass is 386 g/mol. The maximum Gasteiger partial charge on any atom is 0.208 e. The Morgan fingerprint density at radius 3 is 3.03 bits per heavy atom. The Morgan fingerprint density at radius 1 is 1.28 bits per heavy atom. The molecule has 3 aromatic heterocycles. The van der Waals surface area contributed by atoms with Crippen molar-refractivity contribution in [3.63, 3.8) is 0 Å². The van der Waals surface area contributed by atoms with Gasteiger partial charge < -0.3 is 10.1 Å². The number of nitrogens with zero attached hydrogens (tertiary/aromatic N) is 5. The Morgan fingerprint density at radius 2 is 2.21 bits per heavy atom. The van der Waals surface area contributed by atoms with Crippen LogP contribution in [0.1, 0.15) is 16.8 Å². The topological polar surface area (TPSA) is 88.1 Å². The summed E-state index contributed by atoms with van der Waals surface area (Å²) in [6, 6.07) is 8.87. The molecule has 0 amide bonds. The first kappa shape index (κ1) is 17.1. The van der Waals surface area contributed by atoms with Crippen molar-refractivity contribution in [2.45, 2.75) is 13.0 Å². The van der Waals surface area contributed by atoms with Crippen LogP contribution < -0.4 is 10.1 Å². The molecule has 29 heavy (non-hydrogen) atoms. The Kier molecular flexibility index (Phi) is 4.06. The van der Waals surface area contributed by atoms with Crippen molar-refractivity contribution in [3.8, 4) is 22.9 Å². The lowest BCUT2D eigenvalue weighted by molar-refractivity contribution is 0.356. The highest BCUT2D eigenvalue weighted by Gasteiger charge is 2.20. The van der Waals surface area contributed by atoms with Gasteiger partial charge in [0.2, 0.25) is 5.95 Å². The van der Waals surface area contributed by atoms with Crippen molar-refractivity contribution in [2.75, 3.05) is 11.9 Å². The second-order valence-electron chi connectivity index (χ2n) is 6.62. The molecule has 0 unspecified atom stereocenters. The number of benzene rings is 1. The van der Waals surface area contributed by atoms with Gasteiger partial charge in [-0.15, -0.1) is 0 Å². The molecule has 4 heterocycles. The van der Waals surface area contributed by atoms with E-state index in [9.17, 15) is 9.65 Å². The summed E-state index contributed by atoms with van der Waals surface area (Å²) in [6.45, 7) is 0.800. The fourth-order valence-electron chi connectivity index (χ4n) is 3.56. The van der Waals surface area contributed by atoms with Gasteiger partial charge in [-0.1, -0.05) is 6.07 Å². The van der Waals surface area contributed by atoms with Gasteiger partial charge in [0.1, 0.15) is 17.6 Å². The first-order valence-electron chi connectivity index (χ1n) is 9.10. The summed E-state index contributed by atoms with van der Waals surface area (Å²) in [5.41, 5.74) is 3.89. The molecule has 4 aromatic rings. The van der Waals surface area contributed by atoms with E-state index in [1.165, 1.54) is 6.07 Å². The standard InChI is InChI=1S/C21H15FN6O/c22-18-3-4-19-15(5-7-29-19)17(18)11-26-21-25-10-16(13-2-1-6-24-9-13)20-27-14(8-23)12-28(20)21/h1-4,6,9-10,12H,5,7,11H2,(H,25,26). The number of fused-ring (bicyclic) bond motifs is 2. The van der Waals surface area contributed by atoms with Crippen molar-refractivity contribution in [2.24, 2.45) is 0 Å². The zero-order valence-electron chi connectivity index (χ0n) is 15.3. The van der Waals surface area contributed by atoms with Gasteiger partial charge in [0, 0.05) is 53.8 Å². The minimum Gasteiger partial charge on any atom is -0.493 e. The largest absolute Gasteiger partial charge is 0.493 e. The fraction of sp³-hybridized carbons (Fsp3) is 0.143. The minimum atomic E-state index is -0.284. The first-order chi connectivity index (χ1) is 14.2. The van der Waals surface area contributed by atoms with Crippen molar-refractivity contribution in [3.05, 3.63) is 71.7 Å². The lowest BCUT2D eigenvalue weighted by Crippen LogP contribution is -2.09. The van der Waals surface area contributed by atoms with Crippen LogP contribution in [-0.4, -0.2) is 26.0 Å². The quantitative estimate of drug-likeness (QED) is 0.579. The molecule has 7 nitrogen and oxygen atoms in total. The Bertz CT molecular complexity index is 1260. The van der Waals surface area contributed by atoms with Crippen LogP contribution >= 0.6 is 0 Å². The van der Waals surface area contributed by atoms with Crippen molar-refractivity contribution in [1.82, 2.24) is 19.4 Å². The van der Waals surface area contributed by atoms with Crippen LogP contribution in [0.2, 0.25) is 0 Å². The third-order valence-corrected chi connectivity index (χ3v) is 4.94. The van der Waals surface area contributed by atoms with Crippen LogP contribution in [0.4, 0.5) is 10.3 Å². The molecule has 0 saturated heterocycles. The Hall–Kier alpha value is -3.99.